The zero-order chi connectivity index (χ0) is 24.2. The van der Waals surface area contributed by atoms with Gasteiger partial charge >= 0.3 is 17.9 Å². The van der Waals surface area contributed by atoms with E-state index < -0.39 is 11.9 Å². The van der Waals surface area contributed by atoms with Gasteiger partial charge in [-0.1, -0.05) is 6.92 Å². The van der Waals surface area contributed by atoms with E-state index in [9.17, 15) is 19.2 Å². The Morgan fingerprint density at radius 1 is 0.625 bits per heavy atom. The Morgan fingerprint density at radius 3 is 1.44 bits per heavy atom. The average molecular weight is 462 g/mol. The van der Waals surface area contributed by atoms with Crippen molar-refractivity contribution < 1.29 is 38.1 Å². The molecule has 0 saturated heterocycles. The van der Waals surface area contributed by atoms with Crippen LogP contribution in [0.15, 0.2) is 0 Å². The van der Waals surface area contributed by atoms with Gasteiger partial charge in [0.2, 0.25) is 0 Å². The number of hydrogen-bond acceptors (Lipinski definition) is 11. The van der Waals surface area contributed by atoms with Crippen molar-refractivity contribution in [3.8, 4) is 0 Å². The molecule has 186 valence electrons. The molecule has 0 aromatic carbocycles. The van der Waals surface area contributed by atoms with Crippen LogP contribution in [0.3, 0.4) is 0 Å². The van der Waals surface area contributed by atoms with Crippen LogP contribution in [-0.4, -0.2) is 118 Å². The molecule has 0 aliphatic heterocycles. The smallest absolute Gasteiger partial charge is 0.320 e. The molecule has 11 nitrogen and oxygen atoms in total. The molecule has 0 spiro atoms. The fourth-order valence-corrected chi connectivity index (χ4v) is 2.91. The van der Waals surface area contributed by atoms with E-state index in [1.165, 1.54) is 0 Å². The highest BCUT2D eigenvalue weighted by atomic mass is 16.5. The van der Waals surface area contributed by atoms with Gasteiger partial charge in [-0.3, -0.25) is 33.9 Å². The van der Waals surface area contributed by atoms with Gasteiger partial charge in [-0.25, -0.2) is 0 Å². The minimum atomic E-state index is -0.436. The van der Waals surface area contributed by atoms with E-state index in [1.807, 2.05) is 16.7 Å². The van der Waals surface area contributed by atoms with Gasteiger partial charge in [-0.15, -0.1) is 0 Å². The van der Waals surface area contributed by atoms with Crippen LogP contribution >= 0.6 is 0 Å². The van der Waals surface area contributed by atoms with Crippen LogP contribution in [0.5, 0.6) is 0 Å². The van der Waals surface area contributed by atoms with Gasteiger partial charge in [0, 0.05) is 32.7 Å². The van der Waals surface area contributed by atoms with E-state index in [0.717, 1.165) is 13.0 Å². The number of hydrogen-bond donors (Lipinski definition) is 0. The number of nitrogens with zero attached hydrogens (tertiary/aromatic N) is 3. The topological polar surface area (TPSA) is 115 Å². The Labute approximate surface area is 190 Å². The molecule has 0 heterocycles. The molecule has 0 rings (SSSR count). The molecule has 0 aliphatic carbocycles. The molecule has 0 bridgehead atoms. The lowest BCUT2D eigenvalue weighted by Gasteiger charge is -2.28. The largest absolute Gasteiger partial charge is 0.465 e. The molecule has 0 N–H and O–H groups in total. The summed E-state index contributed by atoms with van der Waals surface area (Å²) in [6.07, 6.45) is 0.882. The third kappa shape index (κ3) is 15.5. The van der Waals surface area contributed by atoms with E-state index in [1.54, 1.807) is 25.7 Å². The van der Waals surface area contributed by atoms with E-state index in [-0.39, 0.29) is 52.2 Å². The van der Waals surface area contributed by atoms with Crippen LogP contribution in [0.4, 0.5) is 0 Å². The van der Waals surface area contributed by atoms with Crippen molar-refractivity contribution in [3.05, 3.63) is 0 Å². The summed E-state index contributed by atoms with van der Waals surface area (Å²) in [5.41, 5.74) is 0. The predicted molar refractivity (Wildman–Crippen MR) is 117 cm³/mol. The standard InChI is InChI=1S/C21H39N3O8/c1-5-9-23(17-29-18-25)12-10-22(14-19(26)30-6-2)11-13-24(15-20(27)31-7-3)16-21(28)32-8-4/h18H,5-17H2,1-4H3. The van der Waals surface area contributed by atoms with E-state index >= 15 is 0 Å². The summed E-state index contributed by atoms with van der Waals surface area (Å²) in [6.45, 7) is 11.0. The Hall–Kier alpha value is -2.24. The zero-order valence-electron chi connectivity index (χ0n) is 19.9. The number of carbonyl (C=O) groups excluding carboxylic acids is 4. The first kappa shape index (κ1) is 29.8. The maximum atomic E-state index is 12.1. The first-order valence-electron chi connectivity index (χ1n) is 11.1. The average Bonchev–Trinajstić information content (AvgIpc) is 2.73. The van der Waals surface area contributed by atoms with Crippen molar-refractivity contribution in [2.45, 2.75) is 34.1 Å². The molecule has 0 aromatic heterocycles. The van der Waals surface area contributed by atoms with E-state index in [0.29, 0.717) is 32.7 Å². The Bertz CT molecular complexity index is 527. The maximum absolute atomic E-state index is 12.1. The zero-order valence-corrected chi connectivity index (χ0v) is 19.9. The highest BCUT2D eigenvalue weighted by Gasteiger charge is 2.19. The lowest BCUT2D eigenvalue weighted by molar-refractivity contribution is -0.149. The van der Waals surface area contributed by atoms with Gasteiger partial charge in [0.15, 0.2) is 0 Å². The second-order valence-corrected chi connectivity index (χ2v) is 6.91. The van der Waals surface area contributed by atoms with Gasteiger partial charge in [-0.05, 0) is 27.2 Å². The summed E-state index contributed by atoms with van der Waals surface area (Å²) in [5, 5.41) is 0. The summed E-state index contributed by atoms with van der Waals surface area (Å²) in [4.78, 5) is 51.9. The van der Waals surface area contributed by atoms with Crippen molar-refractivity contribution >= 4 is 24.4 Å². The van der Waals surface area contributed by atoms with Gasteiger partial charge in [0.25, 0.3) is 6.47 Å². The molecule has 0 atom stereocenters. The molecular weight excluding hydrogens is 422 g/mol. The summed E-state index contributed by atoms with van der Waals surface area (Å²) in [5.74, 6) is -1.23. The Morgan fingerprint density at radius 2 is 1.03 bits per heavy atom. The number of rotatable bonds is 20. The Kier molecular flexibility index (Phi) is 18.1. The first-order chi connectivity index (χ1) is 15.4. The van der Waals surface area contributed by atoms with Crippen molar-refractivity contribution in [2.24, 2.45) is 0 Å². The van der Waals surface area contributed by atoms with E-state index in [2.05, 4.69) is 0 Å². The minimum Gasteiger partial charge on any atom is -0.465 e. The molecule has 0 radical (unpaired) electrons. The number of carbonyl (C=O) groups is 4. The number of ether oxygens (including phenoxy) is 4. The summed E-state index contributed by atoms with van der Waals surface area (Å²) in [6, 6.07) is 0. The van der Waals surface area contributed by atoms with Gasteiger partial charge in [0.05, 0.1) is 39.5 Å². The summed E-state index contributed by atoms with van der Waals surface area (Å²) in [7, 11) is 0. The number of esters is 3. The summed E-state index contributed by atoms with van der Waals surface area (Å²) < 4.78 is 19.9. The Balaban J connectivity index is 5.09. The van der Waals surface area contributed by atoms with Gasteiger partial charge in [-0.2, -0.15) is 0 Å². The van der Waals surface area contributed by atoms with Gasteiger partial charge < -0.3 is 18.9 Å². The fourth-order valence-electron chi connectivity index (χ4n) is 2.91. The molecule has 0 saturated carbocycles. The van der Waals surface area contributed by atoms with Crippen LogP contribution < -0.4 is 0 Å². The molecule has 11 heteroatoms. The molecule has 0 unspecified atom stereocenters. The highest BCUT2D eigenvalue weighted by molar-refractivity contribution is 5.75. The maximum Gasteiger partial charge on any atom is 0.320 e. The second kappa shape index (κ2) is 19.4. The third-order valence-corrected chi connectivity index (χ3v) is 4.30. The molecular formula is C21H39N3O8. The van der Waals surface area contributed by atoms with Crippen LogP contribution in [0.1, 0.15) is 34.1 Å². The van der Waals surface area contributed by atoms with Crippen molar-refractivity contribution in [1.82, 2.24) is 14.7 Å². The third-order valence-electron chi connectivity index (χ3n) is 4.30. The highest BCUT2D eigenvalue weighted by Crippen LogP contribution is 2.00. The predicted octanol–water partition coefficient (Wildman–Crippen LogP) is 0.122. The van der Waals surface area contributed by atoms with Crippen LogP contribution in [-0.2, 0) is 38.1 Å². The second-order valence-electron chi connectivity index (χ2n) is 6.91. The first-order valence-corrected chi connectivity index (χ1v) is 11.1. The van der Waals surface area contributed by atoms with Crippen LogP contribution in [0, 0.1) is 0 Å². The quantitative estimate of drug-likeness (QED) is 0.107. The molecule has 32 heavy (non-hydrogen) atoms. The van der Waals surface area contributed by atoms with Crippen LogP contribution in [0.25, 0.3) is 0 Å². The fraction of sp³-hybridized carbons (Fsp3) is 0.810. The normalized spacial score (nSPS) is 11.0. The van der Waals surface area contributed by atoms with Gasteiger partial charge in [0.1, 0.15) is 6.73 Å². The van der Waals surface area contributed by atoms with E-state index in [4.69, 9.17) is 18.9 Å². The molecule has 0 aromatic rings. The molecule has 0 aliphatic rings. The summed E-state index contributed by atoms with van der Waals surface area (Å²) >= 11 is 0. The lowest BCUT2D eigenvalue weighted by atomic mass is 10.3. The SMILES string of the molecule is CCCN(CCN(CCN(CC(=O)OCC)CC(=O)OCC)CC(=O)OCC)COC=O. The van der Waals surface area contributed by atoms with Crippen molar-refractivity contribution in [3.63, 3.8) is 0 Å². The minimum absolute atomic E-state index is 0.0605. The lowest BCUT2D eigenvalue weighted by Crippen LogP contribution is -2.45. The van der Waals surface area contributed by atoms with Crippen molar-refractivity contribution in [1.29, 1.82) is 0 Å². The monoisotopic (exact) mass is 461 g/mol. The molecule has 0 amide bonds. The van der Waals surface area contributed by atoms with Crippen LogP contribution in [0.2, 0.25) is 0 Å². The molecule has 0 fully saturated rings. The van der Waals surface area contributed by atoms with Crippen molar-refractivity contribution in [2.75, 3.05) is 78.9 Å².